The smallest absolute Gasteiger partial charge is 0.341 e. The molecular weight excluding hydrogens is 274 g/mol. The molecule has 1 aromatic heterocycles. The first-order valence-electron chi connectivity index (χ1n) is 6.48. The Kier molecular flexibility index (Phi) is 3.13. The number of carboxylic acid groups (broad SMARTS) is 1. The number of aromatic carboxylic acids is 1. The average Bonchev–Trinajstić information content (AvgIpc) is 2.93. The highest BCUT2D eigenvalue weighted by molar-refractivity contribution is 5.87. The predicted molar refractivity (Wildman–Crippen MR) is 74.9 cm³/mol. The van der Waals surface area contributed by atoms with E-state index in [1.54, 1.807) is 16.7 Å². The van der Waals surface area contributed by atoms with E-state index in [1.807, 2.05) is 13.0 Å². The van der Waals surface area contributed by atoms with Crippen molar-refractivity contribution in [3.63, 3.8) is 0 Å². The van der Waals surface area contributed by atoms with Crippen LogP contribution >= 0.6 is 0 Å². The van der Waals surface area contributed by atoms with Crippen molar-refractivity contribution < 1.29 is 19.4 Å². The lowest BCUT2D eigenvalue weighted by Crippen LogP contribution is -2.18. The highest BCUT2D eigenvalue weighted by atomic mass is 16.7. The van der Waals surface area contributed by atoms with Crippen molar-refractivity contribution >= 4 is 5.97 Å². The molecule has 0 saturated heterocycles. The summed E-state index contributed by atoms with van der Waals surface area (Å²) < 4.78 is 12.3. The molecule has 108 valence electrons. The lowest BCUT2D eigenvalue weighted by molar-refractivity contribution is 0.0694. The monoisotopic (exact) mass is 287 g/mol. The molecule has 6 heteroatoms. The van der Waals surface area contributed by atoms with Crippen molar-refractivity contribution in [3.05, 3.63) is 46.2 Å². The number of nitrogens with zero attached hydrogens (tertiary/aromatic N) is 1. The molecule has 0 fully saturated rings. The standard InChI is InChI=1S/C15H13NO5/c1-2-16-7-10(15(18)19)12(17)6-11(16)9-3-4-13-14(5-9)21-8-20-13/h3-7H,2,8H2,1H3,(H,18,19). The molecule has 0 saturated carbocycles. The summed E-state index contributed by atoms with van der Waals surface area (Å²) in [5.74, 6) is 0.0515. The second-order valence-corrected chi connectivity index (χ2v) is 4.60. The number of carboxylic acids is 1. The van der Waals surface area contributed by atoms with Crippen molar-refractivity contribution in [3.8, 4) is 22.8 Å². The van der Waals surface area contributed by atoms with Crippen LogP contribution in [0, 0.1) is 0 Å². The number of ether oxygens (including phenoxy) is 2. The maximum absolute atomic E-state index is 11.9. The first kappa shape index (κ1) is 13.2. The summed E-state index contributed by atoms with van der Waals surface area (Å²) >= 11 is 0. The third-order valence-electron chi connectivity index (χ3n) is 3.37. The molecule has 0 radical (unpaired) electrons. The van der Waals surface area contributed by atoms with Crippen LogP contribution in [0.2, 0.25) is 0 Å². The number of benzene rings is 1. The van der Waals surface area contributed by atoms with Gasteiger partial charge in [0, 0.05) is 24.4 Å². The molecular formula is C15H13NO5. The number of hydrogen-bond donors (Lipinski definition) is 1. The lowest BCUT2D eigenvalue weighted by atomic mass is 10.1. The van der Waals surface area contributed by atoms with Crippen LogP contribution in [0.4, 0.5) is 0 Å². The summed E-state index contributed by atoms with van der Waals surface area (Å²) in [7, 11) is 0. The molecule has 1 aliphatic heterocycles. The Balaban J connectivity index is 2.16. The fourth-order valence-corrected chi connectivity index (χ4v) is 2.30. The summed E-state index contributed by atoms with van der Waals surface area (Å²) in [6.07, 6.45) is 1.37. The van der Waals surface area contributed by atoms with Gasteiger partial charge < -0.3 is 19.1 Å². The van der Waals surface area contributed by atoms with Crippen molar-refractivity contribution in [2.45, 2.75) is 13.5 Å². The van der Waals surface area contributed by atoms with Gasteiger partial charge in [0.2, 0.25) is 6.79 Å². The van der Waals surface area contributed by atoms with Crippen LogP contribution in [0.3, 0.4) is 0 Å². The van der Waals surface area contributed by atoms with Crippen LogP contribution in [-0.2, 0) is 6.54 Å². The normalized spacial score (nSPS) is 12.4. The minimum atomic E-state index is -1.22. The number of pyridine rings is 1. The predicted octanol–water partition coefficient (Wildman–Crippen LogP) is 1.96. The van der Waals surface area contributed by atoms with Crippen molar-refractivity contribution in [2.75, 3.05) is 6.79 Å². The number of rotatable bonds is 3. The number of aromatic nitrogens is 1. The van der Waals surface area contributed by atoms with E-state index in [9.17, 15) is 9.59 Å². The van der Waals surface area contributed by atoms with E-state index in [2.05, 4.69) is 0 Å². The largest absolute Gasteiger partial charge is 0.477 e. The molecule has 2 aromatic rings. The Bertz CT molecular complexity index is 778. The minimum Gasteiger partial charge on any atom is -0.477 e. The van der Waals surface area contributed by atoms with Crippen LogP contribution in [0.15, 0.2) is 35.3 Å². The average molecular weight is 287 g/mol. The number of carbonyl (C=O) groups is 1. The SMILES string of the molecule is CCn1cc(C(=O)O)c(=O)cc1-c1ccc2c(c1)OCO2. The van der Waals surface area contributed by atoms with Gasteiger partial charge >= 0.3 is 5.97 Å². The Labute approximate surface area is 120 Å². The molecule has 1 aromatic carbocycles. The summed E-state index contributed by atoms with van der Waals surface area (Å²) in [5, 5.41) is 9.02. The first-order chi connectivity index (χ1) is 10.1. The van der Waals surface area contributed by atoms with Gasteiger partial charge in [-0.15, -0.1) is 0 Å². The molecule has 1 N–H and O–H groups in total. The Morgan fingerprint density at radius 1 is 1.29 bits per heavy atom. The van der Waals surface area contributed by atoms with E-state index in [1.165, 1.54) is 12.3 Å². The molecule has 0 amide bonds. The molecule has 3 rings (SSSR count). The lowest BCUT2D eigenvalue weighted by Gasteiger charge is -2.13. The third-order valence-corrected chi connectivity index (χ3v) is 3.37. The molecule has 0 bridgehead atoms. The Morgan fingerprint density at radius 3 is 2.76 bits per heavy atom. The maximum Gasteiger partial charge on any atom is 0.341 e. The number of aryl methyl sites for hydroxylation is 1. The molecule has 0 atom stereocenters. The van der Waals surface area contributed by atoms with E-state index in [4.69, 9.17) is 14.6 Å². The van der Waals surface area contributed by atoms with Gasteiger partial charge in [-0.1, -0.05) is 0 Å². The summed E-state index contributed by atoms with van der Waals surface area (Å²) in [5.41, 5.74) is 0.669. The highest BCUT2D eigenvalue weighted by Gasteiger charge is 2.17. The second kappa shape index (κ2) is 4.97. The van der Waals surface area contributed by atoms with Crippen molar-refractivity contribution in [1.82, 2.24) is 4.57 Å². The fourth-order valence-electron chi connectivity index (χ4n) is 2.30. The van der Waals surface area contributed by atoms with Gasteiger partial charge in [0.15, 0.2) is 16.9 Å². The quantitative estimate of drug-likeness (QED) is 0.933. The molecule has 21 heavy (non-hydrogen) atoms. The van der Waals surface area contributed by atoms with Crippen LogP contribution in [0.25, 0.3) is 11.3 Å². The zero-order valence-electron chi connectivity index (χ0n) is 11.3. The van der Waals surface area contributed by atoms with Crippen molar-refractivity contribution in [1.29, 1.82) is 0 Å². The molecule has 1 aliphatic rings. The first-order valence-corrected chi connectivity index (χ1v) is 6.48. The fraction of sp³-hybridized carbons (Fsp3) is 0.200. The van der Waals surface area contributed by atoms with Gasteiger partial charge in [-0.05, 0) is 25.1 Å². The van der Waals surface area contributed by atoms with Gasteiger partial charge in [0.1, 0.15) is 5.56 Å². The van der Waals surface area contributed by atoms with Gasteiger partial charge in [-0.2, -0.15) is 0 Å². The topological polar surface area (TPSA) is 77.8 Å². The number of hydrogen-bond acceptors (Lipinski definition) is 4. The van der Waals surface area contributed by atoms with Gasteiger partial charge in [-0.3, -0.25) is 4.79 Å². The number of fused-ring (bicyclic) bond motifs is 1. The minimum absolute atomic E-state index is 0.178. The molecule has 6 nitrogen and oxygen atoms in total. The van der Waals surface area contributed by atoms with Crippen LogP contribution in [0.1, 0.15) is 17.3 Å². The Hall–Kier alpha value is -2.76. The molecule has 0 aliphatic carbocycles. The molecule has 2 heterocycles. The molecule has 0 spiro atoms. The van der Waals surface area contributed by atoms with Crippen LogP contribution in [-0.4, -0.2) is 22.4 Å². The highest BCUT2D eigenvalue weighted by Crippen LogP contribution is 2.35. The van der Waals surface area contributed by atoms with E-state index in [0.29, 0.717) is 23.7 Å². The zero-order chi connectivity index (χ0) is 15.0. The summed E-state index contributed by atoms with van der Waals surface area (Å²) in [6.45, 7) is 2.61. The van der Waals surface area contributed by atoms with Gasteiger partial charge in [-0.25, -0.2) is 4.79 Å². The van der Waals surface area contributed by atoms with Crippen LogP contribution in [0.5, 0.6) is 11.5 Å². The van der Waals surface area contributed by atoms with Gasteiger partial charge in [0.25, 0.3) is 0 Å². The van der Waals surface area contributed by atoms with E-state index < -0.39 is 11.4 Å². The summed E-state index contributed by atoms with van der Waals surface area (Å²) in [6, 6.07) is 6.70. The van der Waals surface area contributed by atoms with Gasteiger partial charge in [0.05, 0.1) is 5.69 Å². The zero-order valence-corrected chi connectivity index (χ0v) is 11.3. The van der Waals surface area contributed by atoms with E-state index in [-0.39, 0.29) is 12.4 Å². The van der Waals surface area contributed by atoms with Crippen LogP contribution < -0.4 is 14.9 Å². The van der Waals surface area contributed by atoms with E-state index >= 15 is 0 Å². The summed E-state index contributed by atoms with van der Waals surface area (Å²) in [4.78, 5) is 22.9. The molecule has 0 unspecified atom stereocenters. The maximum atomic E-state index is 11.9. The van der Waals surface area contributed by atoms with Crippen molar-refractivity contribution in [2.24, 2.45) is 0 Å². The second-order valence-electron chi connectivity index (χ2n) is 4.60. The Morgan fingerprint density at radius 2 is 2.05 bits per heavy atom. The van der Waals surface area contributed by atoms with E-state index in [0.717, 1.165) is 5.56 Å². The third kappa shape index (κ3) is 2.24.